The first kappa shape index (κ1) is 21.3. The van der Waals surface area contributed by atoms with E-state index in [-0.39, 0.29) is 18.5 Å². The van der Waals surface area contributed by atoms with Gasteiger partial charge >= 0.3 is 6.03 Å². The third-order valence-electron chi connectivity index (χ3n) is 5.15. The van der Waals surface area contributed by atoms with Crippen LogP contribution in [0.4, 0.5) is 4.79 Å². The van der Waals surface area contributed by atoms with Crippen LogP contribution in [0.25, 0.3) is 0 Å². The van der Waals surface area contributed by atoms with E-state index < -0.39 is 6.04 Å². The summed E-state index contributed by atoms with van der Waals surface area (Å²) >= 11 is 0. The van der Waals surface area contributed by atoms with Gasteiger partial charge in [-0.1, -0.05) is 60.7 Å². The number of piperazine rings is 1. The van der Waals surface area contributed by atoms with Crippen molar-refractivity contribution < 1.29 is 9.59 Å². The van der Waals surface area contributed by atoms with E-state index in [2.05, 4.69) is 27.7 Å². The molecule has 0 saturated carbocycles. The molecule has 3 rings (SSSR count). The summed E-state index contributed by atoms with van der Waals surface area (Å²) in [6.45, 7) is 3.56. The normalized spacial score (nSPS) is 15.1. The lowest BCUT2D eigenvalue weighted by atomic mass is 10.1. The number of hydrogen-bond acceptors (Lipinski definition) is 4. The van der Waals surface area contributed by atoms with Crippen molar-refractivity contribution in [3.63, 3.8) is 0 Å². The number of hydrogen-bond donors (Lipinski definition) is 2. The van der Waals surface area contributed by atoms with Crippen LogP contribution in [0.1, 0.15) is 11.1 Å². The first-order valence-corrected chi connectivity index (χ1v) is 10.2. The lowest BCUT2D eigenvalue weighted by Gasteiger charge is -2.35. The molecule has 1 atom stereocenters. The van der Waals surface area contributed by atoms with Crippen molar-refractivity contribution in [2.75, 3.05) is 32.7 Å². The number of amides is 3. The first-order chi connectivity index (χ1) is 14.7. The fraction of sp³-hybridized carbons (Fsp3) is 0.348. The molecule has 2 N–H and O–H groups in total. The molecule has 2 aromatic rings. The maximum Gasteiger partial charge on any atom is 0.318 e. The van der Waals surface area contributed by atoms with Crippen LogP contribution >= 0.6 is 0 Å². The molecule has 7 nitrogen and oxygen atoms in total. The zero-order chi connectivity index (χ0) is 21.2. The molecule has 1 aliphatic heterocycles. The van der Waals surface area contributed by atoms with Crippen LogP contribution in [0.5, 0.6) is 0 Å². The van der Waals surface area contributed by atoms with Gasteiger partial charge in [0.1, 0.15) is 12.6 Å². The molecule has 1 fully saturated rings. The molecule has 0 unspecified atom stereocenters. The summed E-state index contributed by atoms with van der Waals surface area (Å²) in [4.78, 5) is 29.3. The molecular weight excluding hydrogens is 378 g/mol. The highest BCUT2D eigenvalue weighted by molar-refractivity contribution is 5.87. The number of carbonyl (C=O) groups is 2. The fourth-order valence-corrected chi connectivity index (χ4v) is 3.50. The van der Waals surface area contributed by atoms with Gasteiger partial charge in [-0.3, -0.25) is 9.69 Å². The van der Waals surface area contributed by atoms with Gasteiger partial charge in [-0.05, 0) is 11.1 Å². The van der Waals surface area contributed by atoms with Crippen molar-refractivity contribution >= 4 is 11.9 Å². The maximum absolute atomic E-state index is 12.8. The van der Waals surface area contributed by atoms with Crippen molar-refractivity contribution in [3.8, 4) is 6.07 Å². The Hall–Kier alpha value is -3.37. The van der Waals surface area contributed by atoms with Gasteiger partial charge in [0.15, 0.2) is 0 Å². The third-order valence-corrected chi connectivity index (χ3v) is 5.15. The summed E-state index contributed by atoms with van der Waals surface area (Å²) in [5.74, 6) is -0.350. The highest BCUT2D eigenvalue weighted by Crippen LogP contribution is 2.09. The van der Waals surface area contributed by atoms with Crippen molar-refractivity contribution in [2.45, 2.75) is 19.0 Å². The number of nitriles is 1. The molecule has 0 aromatic heterocycles. The number of nitrogens with zero attached hydrogens (tertiary/aromatic N) is 3. The number of rotatable bonds is 7. The summed E-state index contributed by atoms with van der Waals surface area (Å²) < 4.78 is 0. The van der Waals surface area contributed by atoms with E-state index in [0.29, 0.717) is 19.5 Å². The highest BCUT2D eigenvalue weighted by Gasteiger charge is 2.26. The Labute approximate surface area is 177 Å². The minimum Gasteiger partial charge on any atom is -0.341 e. The predicted molar refractivity (Wildman–Crippen MR) is 114 cm³/mol. The van der Waals surface area contributed by atoms with Crippen molar-refractivity contribution in [1.29, 1.82) is 5.26 Å². The molecule has 1 aliphatic rings. The zero-order valence-corrected chi connectivity index (χ0v) is 17.0. The minimum absolute atomic E-state index is 0.0852. The lowest BCUT2D eigenvalue weighted by molar-refractivity contribution is -0.122. The van der Waals surface area contributed by atoms with E-state index in [9.17, 15) is 9.59 Å². The van der Waals surface area contributed by atoms with Crippen LogP contribution in [-0.4, -0.2) is 60.5 Å². The van der Waals surface area contributed by atoms with E-state index in [1.54, 1.807) is 4.90 Å². The van der Waals surface area contributed by atoms with E-state index in [1.165, 1.54) is 5.56 Å². The molecule has 0 radical (unpaired) electrons. The summed E-state index contributed by atoms with van der Waals surface area (Å²) in [6.07, 6.45) is 0.373. The lowest BCUT2D eigenvalue weighted by Crippen LogP contribution is -2.56. The van der Waals surface area contributed by atoms with Crippen molar-refractivity contribution in [1.82, 2.24) is 20.4 Å². The molecule has 3 amide bonds. The van der Waals surface area contributed by atoms with Gasteiger partial charge in [-0.2, -0.15) is 5.26 Å². The Morgan fingerprint density at radius 3 is 2.13 bits per heavy atom. The highest BCUT2D eigenvalue weighted by atomic mass is 16.2. The zero-order valence-electron chi connectivity index (χ0n) is 17.0. The monoisotopic (exact) mass is 405 g/mol. The van der Waals surface area contributed by atoms with E-state index >= 15 is 0 Å². The largest absolute Gasteiger partial charge is 0.341 e. The quantitative estimate of drug-likeness (QED) is 0.687. The van der Waals surface area contributed by atoms with Crippen molar-refractivity contribution in [2.24, 2.45) is 0 Å². The standard InChI is InChI=1S/C23H27N5O2/c24-11-12-25-22(29)21(17-19-7-3-1-4-8-19)26-23(30)28-15-13-27(14-16-28)18-20-9-5-2-6-10-20/h1-10,21H,12-18H2,(H,25,29)(H,26,30)/t21-/m0/s1. The number of urea groups is 1. The second-order valence-corrected chi connectivity index (χ2v) is 7.32. The maximum atomic E-state index is 12.8. The minimum atomic E-state index is -0.726. The number of benzene rings is 2. The molecule has 1 heterocycles. The van der Waals surface area contributed by atoms with Crippen LogP contribution in [0.3, 0.4) is 0 Å². The van der Waals surface area contributed by atoms with Gasteiger partial charge in [0.05, 0.1) is 6.07 Å². The molecule has 0 spiro atoms. The Bertz CT molecular complexity index is 858. The van der Waals surface area contributed by atoms with Crippen LogP contribution in [0.2, 0.25) is 0 Å². The van der Waals surface area contributed by atoms with Gasteiger partial charge in [-0.15, -0.1) is 0 Å². The Morgan fingerprint density at radius 1 is 0.933 bits per heavy atom. The average Bonchev–Trinajstić information content (AvgIpc) is 2.79. The van der Waals surface area contributed by atoms with Crippen LogP contribution in [-0.2, 0) is 17.8 Å². The van der Waals surface area contributed by atoms with E-state index in [0.717, 1.165) is 25.2 Å². The first-order valence-electron chi connectivity index (χ1n) is 10.2. The van der Waals surface area contributed by atoms with E-state index in [1.807, 2.05) is 54.6 Å². The second-order valence-electron chi connectivity index (χ2n) is 7.32. The van der Waals surface area contributed by atoms with Gasteiger partial charge in [0.25, 0.3) is 0 Å². The molecular formula is C23H27N5O2. The number of nitrogens with one attached hydrogen (secondary N) is 2. The molecule has 2 aromatic carbocycles. The second kappa shape index (κ2) is 11.0. The smallest absolute Gasteiger partial charge is 0.318 e. The molecule has 1 saturated heterocycles. The summed E-state index contributed by atoms with van der Waals surface area (Å²) in [5, 5.41) is 14.1. The third kappa shape index (κ3) is 6.33. The van der Waals surface area contributed by atoms with Gasteiger partial charge < -0.3 is 15.5 Å². The molecule has 156 valence electrons. The molecule has 30 heavy (non-hydrogen) atoms. The van der Waals surface area contributed by atoms with Crippen molar-refractivity contribution in [3.05, 3.63) is 71.8 Å². The van der Waals surface area contributed by atoms with Gasteiger partial charge in [0, 0.05) is 39.1 Å². The topological polar surface area (TPSA) is 88.5 Å². The van der Waals surface area contributed by atoms with Gasteiger partial charge in [-0.25, -0.2) is 4.79 Å². The van der Waals surface area contributed by atoms with Gasteiger partial charge in [0.2, 0.25) is 5.91 Å². The summed E-state index contributed by atoms with van der Waals surface area (Å²) in [6, 6.07) is 20.7. The van der Waals surface area contributed by atoms with Crippen LogP contribution in [0, 0.1) is 11.3 Å². The van der Waals surface area contributed by atoms with Crippen LogP contribution < -0.4 is 10.6 Å². The summed E-state index contributed by atoms with van der Waals surface area (Å²) in [5.41, 5.74) is 2.20. The Balaban J connectivity index is 1.54. The molecule has 0 bridgehead atoms. The molecule has 0 aliphatic carbocycles. The average molecular weight is 406 g/mol. The SMILES string of the molecule is N#CCNC(=O)[C@H](Cc1ccccc1)NC(=O)N1CCN(Cc2ccccc2)CC1. The molecule has 7 heteroatoms. The van der Waals surface area contributed by atoms with Crippen LogP contribution in [0.15, 0.2) is 60.7 Å². The Kier molecular flexibility index (Phi) is 7.81. The van der Waals surface area contributed by atoms with E-state index in [4.69, 9.17) is 5.26 Å². The fourth-order valence-electron chi connectivity index (χ4n) is 3.50. The number of carbonyl (C=O) groups excluding carboxylic acids is 2. The predicted octanol–water partition coefficient (Wildman–Crippen LogP) is 1.76. The summed E-state index contributed by atoms with van der Waals surface area (Å²) in [7, 11) is 0. The Morgan fingerprint density at radius 2 is 1.53 bits per heavy atom.